The molecule has 6 heteroatoms. The highest BCUT2D eigenvalue weighted by Crippen LogP contribution is 2.22. The molecule has 6 nitrogen and oxygen atoms in total. The van der Waals surface area contributed by atoms with Crippen molar-refractivity contribution in [3.63, 3.8) is 0 Å². The Labute approximate surface area is 131 Å². The summed E-state index contributed by atoms with van der Waals surface area (Å²) in [6.07, 6.45) is 8.29. The number of nitrogens with zero attached hydrogens (tertiary/aromatic N) is 1. The van der Waals surface area contributed by atoms with Crippen molar-refractivity contribution in [3.8, 4) is 0 Å². The zero-order valence-electron chi connectivity index (χ0n) is 13.0. The SMILES string of the molecule is C=CC(=O)OCCCC.C=C[N+]1(C=CC(=O)O)CCCC1=O. The van der Waals surface area contributed by atoms with Crippen molar-refractivity contribution in [2.24, 2.45) is 0 Å². The molecule has 1 unspecified atom stereocenters. The number of carbonyl (C=O) groups is 3. The van der Waals surface area contributed by atoms with Gasteiger partial charge in [-0.15, -0.1) is 0 Å². The lowest BCUT2D eigenvalue weighted by Gasteiger charge is -2.20. The largest absolute Gasteiger partial charge is 0.478 e. The minimum Gasteiger partial charge on any atom is -0.478 e. The molecular weight excluding hydrogens is 286 g/mol. The average Bonchev–Trinajstić information content (AvgIpc) is 2.87. The number of rotatable bonds is 7. The van der Waals surface area contributed by atoms with Gasteiger partial charge in [-0.25, -0.2) is 18.9 Å². The maximum Gasteiger partial charge on any atom is 0.333 e. The highest BCUT2D eigenvalue weighted by atomic mass is 16.5. The topological polar surface area (TPSA) is 80.7 Å². The van der Waals surface area contributed by atoms with Gasteiger partial charge in [0.2, 0.25) is 0 Å². The zero-order valence-corrected chi connectivity index (χ0v) is 13.0. The molecule has 1 atom stereocenters. The standard InChI is InChI=1S/C9H11NO3.C7H12O2/c1-2-10(7-5-9(12)13)6-3-4-8(10)11;1-3-5-6-9-7(8)4-2/h2,5,7H,1,3-4,6H2;4H,2-3,5-6H2,1H3/p+1. The molecule has 0 radical (unpaired) electrons. The predicted molar refractivity (Wildman–Crippen MR) is 82.4 cm³/mol. The lowest BCUT2D eigenvalue weighted by Crippen LogP contribution is -2.37. The molecule has 1 aliphatic rings. The number of carboxylic acids is 1. The summed E-state index contributed by atoms with van der Waals surface area (Å²) in [6.45, 7) is 9.99. The van der Waals surface area contributed by atoms with Crippen LogP contribution < -0.4 is 0 Å². The fraction of sp³-hybridized carbons (Fsp3) is 0.438. The number of aliphatic carboxylic acids is 1. The van der Waals surface area contributed by atoms with Gasteiger partial charge < -0.3 is 9.84 Å². The van der Waals surface area contributed by atoms with Crippen LogP contribution in [-0.2, 0) is 19.1 Å². The molecular formula is C16H24NO5+. The molecule has 1 N–H and O–H groups in total. The van der Waals surface area contributed by atoms with E-state index < -0.39 is 5.97 Å². The van der Waals surface area contributed by atoms with E-state index in [1.807, 2.05) is 6.92 Å². The second kappa shape index (κ2) is 10.5. The molecule has 0 aromatic heterocycles. The molecule has 1 rings (SSSR count). The Morgan fingerprint density at radius 3 is 2.50 bits per heavy atom. The van der Waals surface area contributed by atoms with E-state index in [1.165, 1.54) is 18.5 Å². The molecule has 0 aliphatic carbocycles. The Morgan fingerprint density at radius 1 is 1.41 bits per heavy atom. The summed E-state index contributed by atoms with van der Waals surface area (Å²) < 4.78 is 4.64. The second-order valence-corrected chi connectivity index (χ2v) is 4.71. The van der Waals surface area contributed by atoms with E-state index in [4.69, 9.17) is 5.11 Å². The maximum atomic E-state index is 11.4. The molecule has 1 amide bonds. The number of amides is 1. The van der Waals surface area contributed by atoms with E-state index >= 15 is 0 Å². The molecule has 0 aromatic rings. The normalized spacial score (nSPS) is 20.1. The van der Waals surface area contributed by atoms with Gasteiger partial charge >= 0.3 is 17.8 Å². The van der Waals surface area contributed by atoms with Crippen molar-refractivity contribution < 1.29 is 28.7 Å². The van der Waals surface area contributed by atoms with Crippen LogP contribution in [0.2, 0.25) is 0 Å². The number of unbranched alkanes of at least 4 members (excludes halogenated alkanes) is 1. The van der Waals surface area contributed by atoms with E-state index in [1.54, 1.807) is 0 Å². The van der Waals surface area contributed by atoms with E-state index in [0.29, 0.717) is 19.6 Å². The highest BCUT2D eigenvalue weighted by Gasteiger charge is 2.37. The van der Waals surface area contributed by atoms with Gasteiger partial charge in [-0.3, -0.25) is 0 Å². The first-order valence-electron chi connectivity index (χ1n) is 7.17. The third kappa shape index (κ3) is 6.99. The molecule has 122 valence electrons. The van der Waals surface area contributed by atoms with Crippen molar-refractivity contribution in [2.75, 3.05) is 13.2 Å². The Morgan fingerprint density at radius 2 is 2.09 bits per heavy atom. The van der Waals surface area contributed by atoms with Crippen molar-refractivity contribution in [2.45, 2.75) is 32.6 Å². The summed E-state index contributed by atoms with van der Waals surface area (Å²) in [6, 6.07) is 0. The van der Waals surface area contributed by atoms with Crippen LogP contribution in [0.5, 0.6) is 0 Å². The van der Waals surface area contributed by atoms with Crippen LogP contribution in [0.1, 0.15) is 32.6 Å². The fourth-order valence-corrected chi connectivity index (χ4v) is 1.81. The first kappa shape index (κ1) is 19.8. The summed E-state index contributed by atoms with van der Waals surface area (Å²) in [5.41, 5.74) is 0. The average molecular weight is 310 g/mol. The number of carboxylic acid groups (broad SMARTS) is 1. The monoisotopic (exact) mass is 310 g/mol. The quantitative estimate of drug-likeness (QED) is 0.338. The van der Waals surface area contributed by atoms with Gasteiger partial charge in [-0.1, -0.05) is 19.9 Å². The van der Waals surface area contributed by atoms with Crippen LogP contribution >= 0.6 is 0 Å². The van der Waals surface area contributed by atoms with E-state index in [-0.39, 0.29) is 16.4 Å². The fourth-order valence-electron chi connectivity index (χ4n) is 1.81. The molecule has 22 heavy (non-hydrogen) atoms. The van der Waals surface area contributed by atoms with Crippen LogP contribution in [0, 0.1) is 0 Å². The first-order valence-corrected chi connectivity index (χ1v) is 7.17. The minimum absolute atomic E-state index is 0.00694. The van der Waals surface area contributed by atoms with E-state index in [0.717, 1.165) is 25.3 Å². The predicted octanol–water partition coefficient (Wildman–Crippen LogP) is 2.38. The first-order chi connectivity index (χ1) is 10.4. The van der Waals surface area contributed by atoms with Gasteiger partial charge in [0.05, 0.1) is 25.6 Å². The summed E-state index contributed by atoms with van der Waals surface area (Å²) in [5.74, 6) is -1.37. The molecule has 0 aromatic carbocycles. The maximum absolute atomic E-state index is 11.4. The Kier molecular flexibility index (Phi) is 9.45. The van der Waals surface area contributed by atoms with Crippen molar-refractivity contribution >= 4 is 17.8 Å². The number of hydrogen-bond donors (Lipinski definition) is 1. The van der Waals surface area contributed by atoms with Crippen LogP contribution in [0.15, 0.2) is 37.7 Å². The number of hydrogen-bond acceptors (Lipinski definition) is 4. The number of esters is 1. The molecule has 1 saturated heterocycles. The summed E-state index contributed by atoms with van der Waals surface area (Å²) in [4.78, 5) is 32.0. The minimum atomic E-state index is -1.04. The van der Waals surface area contributed by atoms with Crippen LogP contribution in [-0.4, -0.2) is 40.6 Å². The van der Waals surface area contributed by atoms with Crippen LogP contribution in [0.4, 0.5) is 0 Å². The van der Waals surface area contributed by atoms with Gasteiger partial charge in [0.25, 0.3) is 0 Å². The summed E-state index contributed by atoms with van der Waals surface area (Å²) >= 11 is 0. The lowest BCUT2D eigenvalue weighted by atomic mass is 10.4. The van der Waals surface area contributed by atoms with Gasteiger partial charge in [-0.05, 0) is 13.0 Å². The third-order valence-electron chi connectivity index (χ3n) is 3.10. The number of carbonyl (C=O) groups excluding carboxylic acids is 2. The van der Waals surface area contributed by atoms with E-state index in [2.05, 4.69) is 17.9 Å². The molecule has 1 aliphatic heterocycles. The van der Waals surface area contributed by atoms with Gasteiger partial charge in [0.1, 0.15) is 12.4 Å². The Hall–Kier alpha value is -2.21. The Balaban J connectivity index is 0.000000433. The second-order valence-electron chi connectivity index (χ2n) is 4.71. The van der Waals surface area contributed by atoms with Crippen molar-refractivity contribution in [1.29, 1.82) is 0 Å². The molecule has 0 spiro atoms. The van der Waals surface area contributed by atoms with Crippen molar-refractivity contribution in [1.82, 2.24) is 0 Å². The Bertz CT molecular complexity index is 455. The summed E-state index contributed by atoms with van der Waals surface area (Å²) in [7, 11) is 0. The van der Waals surface area contributed by atoms with E-state index in [9.17, 15) is 14.4 Å². The number of likely N-dealkylation sites (tertiary alicyclic amines) is 1. The van der Waals surface area contributed by atoms with Gasteiger partial charge in [-0.2, -0.15) is 0 Å². The zero-order chi connectivity index (χ0) is 17.0. The lowest BCUT2D eigenvalue weighted by molar-refractivity contribution is -0.738. The molecule has 0 saturated carbocycles. The molecule has 1 heterocycles. The van der Waals surface area contributed by atoms with Crippen LogP contribution in [0.25, 0.3) is 0 Å². The van der Waals surface area contributed by atoms with Gasteiger partial charge in [0.15, 0.2) is 0 Å². The summed E-state index contributed by atoms with van der Waals surface area (Å²) in [5, 5.41) is 8.43. The number of quaternary nitrogens is 1. The van der Waals surface area contributed by atoms with Gasteiger partial charge in [0, 0.05) is 12.5 Å². The smallest absolute Gasteiger partial charge is 0.333 e. The molecule has 0 bridgehead atoms. The highest BCUT2D eigenvalue weighted by molar-refractivity contribution is 5.81. The molecule has 1 fully saturated rings. The number of ether oxygens (including phenoxy) is 1. The van der Waals surface area contributed by atoms with Crippen LogP contribution in [0.3, 0.4) is 0 Å². The third-order valence-corrected chi connectivity index (χ3v) is 3.10. The van der Waals surface area contributed by atoms with Crippen molar-refractivity contribution in [3.05, 3.63) is 37.7 Å².